The van der Waals surface area contributed by atoms with Crippen LogP contribution in [0.5, 0.6) is 5.75 Å². The van der Waals surface area contributed by atoms with Gasteiger partial charge in [0.25, 0.3) is 0 Å². The van der Waals surface area contributed by atoms with Gasteiger partial charge in [-0.05, 0) is 61.3 Å². The van der Waals surface area contributed by atoms with Crippen molar-refractivity contribution in [1.29, 1.82) is 0 Å². The third-order valence-electron chi connectivity index (χ3n) is 5.21. The van der Waals surface area contributed by atoms with Crippen LogP contribution >= 0.6 is 15.9 Å². The quantitative estimate of drug-likeness (QED) is 0.520. The number of para-hydroxylation sites is 1. The lowest BCUT2D eigenvalue weighted by atomic mass is 10.0. The Hall–Kier alpha value is -2.05. The lowest BCUT2D eigenvalue weighted by Gasteiger charge is -2.42. The standard InChI is InChI=1S/C25H33BrN2O3/c1-19(30-23-13-9-8-12-22(23)26)16-21-18-27(17-20-10-6-5-7-11-20)14-15-28(21)24(29)31-25(2,3)4/h5-13,19,21H,14-18H2,1-4H3/t19?,21-/m0/s1. The Kier molecular flexibility index (Phi) is 8.00. The average molecular weight is 489 g/mol. The van der Waals surface area contributed by atoms with E-state index < -0.39 is 5.60 Å². The summed E-state index contributed by atoms with van der Waals surface area (Å²) in [6.45, 7) is 10.9. The van der Waals surface area contributed by atoms with Crippen LogP contribution in [0.1, 0.15) is 39.7 Å². The van der Waals surface area contributed by atoms with Gasteiger partial charge in [0.15, 0.2) is 0 Å². The number of hydrogen-bond acceptors (Lipinski definition) is 4. The molecule has 0 spiro atoms. The van der Waals surface area contributed by atoms with Crippen molar-refractivity contribution in [3.05, 3.63) is 64.6 Å². The second-order valence-electron chi connectivity index (χ2n) is 9.14. The summed E-state index contributed by atoms with van der Waals surface area (Å²) in [6.07, 6.45) is 0.432. The molecule has 1 aliphatic rings. The fourth-order valence-electron chi connectivity index (χ4n) is 3.86. The zero-order chi connectivity index (χ0) is 22.4. The lowest BCUT2D eigenvalue weighted by Crippen LogP contribution is -2.56. The van der Waals surface area contributed by atoms with E-state index in [0.717, 1.165) is 36.3 Å². The minimum atomic E-state index is -0.514. The van der Waals surface area contributed by atoms with E-state index in [1.807, 2.05) is 56.0 Å². The molecule has 1 amide bonds. The zero-order valence-corrected chi connectivity index (χ0v) is 20.5. The van der Waals surface area contributed by atoms with Crippen LogP contribution in [0.3, 0.4) is 0 Å². The van der Waals surface area contributed by atoms with Crippen LogP contribution in [-0.2, 0) is 11.3 Å². The smallest absolute Gasteiger partial charge is 0.410 e. The Bertz CT molecular complexity index is 853. The molecule has 2 atom stereocenters. The molecule has 1 fully saturated rings. The first-order valence-corrected chi connectivity index (χ1v) is 11.7. The van der Waals surface area contributed by atoms with Gasteiger partial charge in [-0.15, -0.1) is 0 Å². The molecule has 0 N–H and O–H groups in total. The molecule has 31 heavy (non-hydrogen) atoms. The Balaban J connectivity index is 1.70. The number of ether oxygens (including phenoxy) is 2. The Morgan fingerprint density at radius 2 is 1.77 bits per heavy atom. The van der Waals surface area contributed by atoms with Gasteiger partial charge < -0.3 is 14.4 Å². The van der Waals surface area contributed by atoms with E-state index in [-0.39, 0.29) is 18.2 Å². The molecule has 2 aromatic carbocycles. The molecule has 2 aromatic rings. The largest absolute Gasteiger partial charge is 0.489 e. The monoisotopic (exact) mass is 488 g/mol. The summed E-state index contributed by atoms with van der Waals surface area (Å²) in [6, 6.07) is 18.3. The predicted octanol–water partition coefficient (Wildman–Crippen LogP) is 5.73. The van der Waals surface area contributed by atoms with Crippen molar-refractivity contribution in [3.8, 4) is 5.75 Å². The Labute approximate surface area is 194 Å². The minimum absolute atomic E-state index is 0.0183. The van der Waals surface area contributed by atoms with Gasteiger partial charge in [-0.1, -0.05) is 42.5 Å². The molecule has 0 radical (unpaired) electrons. The lowest BCUT2D eigenvalue weighted by molar-refractivity contribution is -0.00910. The van der Waals surface area contributed by atoms with Gasteiger partial charge in [-0.25, -0.2) is 4.79 Å². The van der Waals surface area contributed by atoms with Crippen molar-refractivity contribution < 1.29 is 14.3 Å². The van der Waals surface area contributed by atoms with Gasteiger partial charge >= 0.3 is 6.09 Å². The van der Waals surface area contributed by atoms with Crippen molar-refractivity contribution in [1.82, 2.24) is 9.80 Å². The number of hydrogen-bond donors (Lipinski definition) is 0. The predicted molar refractivity (Wildman–Crippen MR) is 127 cm³/mol. The van der Waals surface area contributed by atoms with Gasteiger partial charge in [0, 0.05) is 32.6 Å². The summed E-state index contributed by atoms with van der Waals surface area (Å²) in [4.78, 5) is 17.2. The molecule has 0 aromatic heterocycles. The Morgan fingerprint density at radius 1 is 1.10 bits per heavy atom. The van der Waals surface area contributed by atoms with Crippen LogP contribution in [0.25, 0.3) is 0 Å². The molecule has 0 saturated carbocycles. The first kappa shape index (κ1) is 23.6. The highest BCUT2D eigenvalue weighted by Gasteiger charge is 2.34. The first-order valence-electron chi connectivity index (χ1n) is 10.9. The number of nitrogens with zero attached hydrogens (tertiary/aromatic N) is 2. The highest BCUT2D eigenvalue weighted by molar-refractivity contribution is 9.10. The SMILES string of the molecule is CC(C[C@H]1CN(Cc2ccccc2)CCN1C(=O)OC(C)(C)C)Oc1ccccc1Br. The maximum Gasteiger partial charge on any atom is 0.410 e. The summed E-state index contributed by atoms with van der Waals surface area (Å²) in [5.41, 5.74) is 0.768. The molecule has 0 bridgehead atoms. The van der Waals surface area contributed by atoms with Crippen LogP contribution < -0.4 is 4.74 Å². The molecule has 1 unspecified atom stereocenters. The van der Waals surface area contributed by atoms with E-state index in [1.165, 1.54) is 5.56 Å². The van der Waals surface area contributed by atoms with Crippen LogP contribution in [0.4, 0.5) is 4.79 Å². The van der Waals surface area contributed by atoms with E-state index >= 15 is 0 Å². The number of halogens is 1. The summed E-state index contributed by atoms with van der Waals surface area (Å²) >= 11 is 3.55. The highest BCUT2D eigenvalue weighted by Crippen LogP contribution is 2.27. The van der Waals surface area contributed by atoms with Crippen LogP contribution in [0.2, 0.25) is 0 Å². The van der Waals surface area contributed by atoms with Crippen molar-refractivity contribution >= 4 is 22.0 Å². The molecule has 0 aliphatic carbocycles. The third kappa shape index (κ3) is 7.25. The summed E-state index contributed by atoms with van der Waals surface area (Å²) < 4.78 is 12.8. The van der Waals surface area contributed by atoms with E-state index in [2.05, 4.69) is 52.0 Å². The van der Waals surface area contributed by atoms with E-state index in [4.69, 9.17) is 9.47 Å². The molecule has 3 rings (SSSR count). The zero-order valence-electron chi connectivity index (χ0n) is 18.9. The van der Waals surface area contributed by atoms with Crippen molar-refractivity contribution in [2.24, 2.45) is 0 Å². The molecule has 168 valence electrons. The number of amides is 1. The van der Waals surface area contributed by atoms with E-state index in [9.17, 15) is 4.79 Å². The summed E-state index contributed by atoms with van der Waals surface area (Å²) in [7, 11) is 0. The third-order valence-corrected chi connectivity index (χ3v) is 5.87. The van der Waals surface area contributed by atoms with Crippen molar-refractivity contribution in [3.63, 3.8) is 0 Å². The fraction of sp³-hybridized carbons (Fsp3) is 0.480. The first-order chi connectivity index (χ1) is 14.7. The number of benzene rings is 2. The second-order valence-corrected chi connectivity index (χ2v) is 10.00. The fourth-order valence-corrected chi connectivity index (χ4v) is 4.23. The average Bonchev–Trinajstić information content (AvgIpc) is 2.69. The highest BCUT2D eigenvalue weighted by atomic mass is 79.9. The van der Waals surface area contributed by atoms with Crippen molar-refractivity contribution in [2.45, 2.75) is 58.4 Å². The van der Waals surface area contributed by atoms with Crippen LogP contribution in [0.15, 0.2) is 59.1 Å². The van der Waals surface area contributed by atoms with E-state index in [0.29, 0.717) is 6.54 Å². The molecule has 5 nitrogen and oxygen atoms in total. The van der Waals surface area contributed by atoms with Crippen LogP contribution in [-0.4, -0.2) is 53.3 Å². The normalized spacial score (nSPS) is 18.5. The number of piperazine rings is 1. The van der Waals surface area contributed by atoms with Gasteiger partial charge in [0.1, 0.15) is 11.4 Å². The molecule has 1 aliphatic heterocycles. The summed E-state index contributed by atoms with van der Waals surface area (Å²) in [5.74, 6) is 0.816. The topological polar surface area (TPSA) is 42.0 Å². The molecule has 1 heterocycles. The molecular weight excluding hydrogens is 456 g/mol. The maximum absolute atomic E-state index is 12.9. The van der Waals surface area contributed by atoms with Crippen molar-refractivity contribution in [2.75, 3.05) is 19.6 Å². The van der Waals surface area contributed by atoms with Gasteiger partial charge in [-0.2, -0.15) is 0 Å². The van der Waals surface area contributed by atoms with E-state index in [1.54, 1.807) is 0 Å². The summed E-state index contributed by atoms with van der Waals surface area (Å²) in [5, 5.41) is 0. The molecular formula is C25H33BrN2O3. The van der Waals surface area contributed by atoms with Gasteiger partial charge in [-0.3, -0.25) is 4.90 Å². The Morgan fingerprint density at radius 3 is 2.45 bits per heavy atom. The molecule has 1 saturated heterocycles. The number of rotatable bonds is 6. The van der Waals surface area contributed by atoms with Crippen LogP contribution in [0, 0.1) is 0 Å². The second kappa shape index (κ2) is 10.5. The van der Waals surface area contributed by atoms with Gasteiger partial charge in [0.05, 0.1) is 16.6 Å². The number of carbonyl (C=O) groups is 1. The maximum atomic E-state index is 12.9. The van der Waals surface area contributed by atoms with Gasteiger partial charge in [0.2, 0.25) is 0 Å². The molecule has 6 heteroatoms. The number of carbonyl (C=O) groups excluding carboxylic acids is 1. The minimum Gasteiger partial charge on any atom is -0.489 e.